The Balaban J connectivity index is 1.09. The summed E-state index contributed by atoms with van der Waals surface area (Å²) < 4.78 is 52.1. The lowest BCUT2D eigenvalue weighted by atomic mass is 9.68. The lowest BCUT2D eigenvalue weighted by Gasteiger charge is -2.43. The van der Waals surface area contributed by atoms with E-state index >= 15 is 0 Å². The van der Waals surface area contributed by atoms with Crippen molar-refractivity contribution < 1.29 is 42.1 Å². The van der Waals surface area contributed by atoms with Gasteiger partial charge in [0.25, 0.3) is 5.91 Å². The molecule has 1 saturated heterocycles. The van der Waals surface area contributed by atoms with E-state index in [1.807, 2.05) is 6.07 Å². The van der Waals surface area contributed by atoms with Gasteiger partial charge in [-0.05, 0) is 84.3 Å². The molecule has 4 aromatic rings. The first-order chi connectivity index (χ1) is 23.9. The molecule has 2 aliphatic carbocycles. The predicted molar refractivity (Wildman–Crippen MR) is 178 cm³/mol. The molecule has 0 spiro atoms. The smallest absolute Gasteiger partial charge is 0.416 e. The Labute approximate surface area is 290 Å². The maximum Gasteiger partial charge on any atom is 0.416 e. The van der Waals surface area contributed by atoms with E-state index in [1.165, 1.54) is 43.1 Å². The van der Waals surface area contributed by atoms with Crippen molar-refractivity contribution in [3.8, 4) is 17.2 Å². The molecule has 3 N–H and O–H groups in total. The van der Waals surface area contributed by atoms with Crippen LogP contribution in [0.15, 0.2) is 76.6 Å². The van der Waals surface area contributed by atoms with Gasteiger partial charge in [0.1, 0.15) is 5.75 Å². The standard InChI is InChI=1S/C35H28F3N3O7S2/c1-47-23-11-15(5-10-22(23)48-14-24(43)39-17-6-8-19(42)9-7-17)25-26-20-13-21(29(26)49-31-30(25)50-34(46)40-31)28-27(20)32(44)41(33(28)45)18-4-2-3-16(12-18)35(36,37)38/h2-12,20-21,25-29,42H,13-14H2,1H3,(H,39,43)(H,40,46)/t20?,21?,25-,26?,27?,28?,29?/m1/s1. The molecule has 3 aromatic carbocycles. The number of nitrogens with zero attached hydrogens (tertiary/aromatic N) is 1. The molecule has 4 aliphatic rings. The second kappa shape index (κ2) is 11.9. The van der Waals surface area contributed by atoms with Gasteiger partial charge in [-0.15, -0.1) is 11.8 Å². The van der Waals surface area contributed by atoms with E-state index < -0.39 is 41.3 Å². The van der Waals surface area contributed by atoms with Gasteiger partial charge in [-0.25, -0.2) is 0 Å². The van der Waals surface area contributed by atoms with Crippen LogP contribution < -0.4 is 24.6 Å². The molecule has 1 aromatic heterocycles. The zero-order valence-electron chi connectivity index (χ0n) is 26.1. The minimum absolute atomic E-state index is 0.0664. The Kier molecular flexibility index (Phi) is 7.75. The number of thioether (sulfide) groups is 1. The number of amides is 3. The number of H-pyrrole nitrogens is 1. The Morgan fingerprint density at radius 2 is 1.74 bits per heavy atom. The average Bonchev–Trinajstić information content (AvgIpc) is 3.83. The van der Waals surface area contributed by atoms with Crippen LogP contribution >= 0.6 is 23.1 Å². The molecule has 3 heterocycles. The number of fused-ring (bicyclic) bond motifs is 9. The molecule has 8 rings (SSSR count). The highest BCUT2D eigenvalue weighted by atomic mass is 32.2. The van der Waals surface area contributed by atoms with Crippen LogP contribution in [0.1, 0.15) is 28.3 Å². The molecule has 2 aliphatic heterocycles. The van der Waals surface area contributed by atoms with E-state index in [4.69, 9.17) is 9.47 Å². The number of hydrogen-bond donors (Lipinski definition) is 3. The number of alkyl halides is 3. The van der Waals surface area contributed by atoms with Crippen LogP contribution in [0.25, 0.3) is 0 Å². The highest BCUT2D eigenvalue weighted by molar-refractivity contribution is 8.00. The van der Waals surface area contributed by atoms with E-state index in [2.05, 4.69) is 10.3 Å². The quantitative estimate of drug-likeness (QED) is 0.159. The zero-order chi connectivity index (χ0) is 35.1. The molecule has 15 heteroatoms. The van der Waals surface area contributed by atoms with Crippen molar-refractivity contribution in [3.05, 3.63) is 92.4 Å². The number of carbonyl (C=O) groups excluding carboxylic acids is 3. The van der Waals surface area contributed by atoms with Crippen molar-refractivity contribution in [2.75, 3.05) is 23.9 Å². The molecule has 10 nitrogen and oxygen atoms in total. The van der Waals surface area contributed by atoms with Crippen molar-refractivity contribution >= 4 is 52.2 Å². The summed E-state index contributed by atoms with van der Waals surface area (Å²) in [5.74, 6) is -3.01. The number of aromatic hydroxyl groups is 1. The second-order valence-corrected chi connectivity index (χ2v) is 15.0. The number of nitrogens with one attached hydrogen (secondary N) is 2. The number of methoxy groups -OCH3 is 1. The highest BCUT2D eigenvalue weighted by Crippen LogP contribution is 2.69. The van der Waals surface area contributed by atoms with Crippen molar-refractivity contribution in [2.24, 2.45) is 29.6 Å². The topological polar surface area (TPSA) is 138 Å². The minimum Gasteiger partial charge on any atom is -0.508 e. The number of rotatable bonds is 7. The molecule has 7 atom stereocenters. The van der Waals surface area contributed by atoms with E-state index in [0.29, 0.717) is 28.6 Å². The van der Waals surface area contributed by atoms with Gasteiger partial charge in [0.05, 0.1) is 35.2 Å². The Morgan fingerprint density at radius 1 is 1.00 bits per heavy atom. The lowest BCUT2D eigenvalue weighted by molar-refractivity contribution is -0.137. The van der Waals surface area contributed by atoms with Gasteiger partial charge in [-0.1, -0.05) is 23.5 Å². The maximum absolute atomic E-state index is 14.0. The number of ether oxygens (including phenoxy) is 2. The molecule has 0 radical (unpaired) electrons. The number of hydrogen-bond acceptors (Lipinski definition) is 9. The molecular formula is C35H28F3N3O7S2. The minimum atomic E-state index is -4.63. The van der Waals surface area contributed by atoms with Gasteiger partial charge in [0, 0.05) is 21.7 Å². The number of carbonyl (C=O) groups is 3. The SMILES string of the molecule is COc1cc([C@H]2c3sc(=O)[nH]c3SC3C4CC(C5C(=O)N(c6cccc(C(F)(F)F)c6)C(=O)C45)C32)ccc1OCC(=O)Nc1ccc(O)cc1. The lowest BCUT2D eigenvalue weighted by Crippen LogP contribution is -2.42. The summed E-state index contributed by atoms with van der Waals surface area (Å²) in [4.78, 5) is 57.5. The number of benzene rings is 3. The Morgan fingerprint density at radius 3 is 2.46 bits per heavy atom. The van der Waals surface area contributed by atoms with E-state index in [0.717, 1.165) is 38.8 Å². The Hall–Kier alpha value is -4.76. The predicted octanol–water partition coefficient (Wildman–Crippen LogP) is 5.86. The third-order valence-electron chi connectivity index (χ3n) is 10.2. The zero-order valence-corrected chi connectivity index (χ0v) is 27.7. The van der Waals surface area contributed by atoms with Crippen LogP contribution in [0.5, 0.6) is 17.2 Å². The van der Waals surface area contributed by atoms with Crippen LogP contribution in [-0.2, 0) is 20.6 Å². The van der Waals surface area contributed by atoms with Crippen molar-refractivity contribution in [2.45, 2.75) is 28.8 Å². The van der Waals surface area contributed by atoms with Gasteiger partial charge in [0.15, 0.2) is 18.1 Å². The number of phenols is 1. The molecular weight excluding hydrogens is 696 g/mol. The first kappa shape index (κ1) is 32.4. The number of aromatic amines is 1. The molecule has 50 heavy (non-hydrogen) atoms. The number of halogens is 3. The fraction of sp³-hybridized carbons (Fsp3) is 0.314. The van der Waals surface area contributed by atoms with Crippen LogP contribution in [0, 0.1) is 29.6 Å². The molecule has 258 valence electrons. The van der Waals surface area contributed by atoms with Crippen molar-refractivity contribution in [3.63, 3.8) is 0 Å². The fourth-order valence-corrected chi connectivity index (χ4v) is 11.2. The number of anilines is 2. The normalized spacial score (nSPS) is 26.4. The molecule has 2 bridgehead atoms. The van der Waals surface area contributed by atoms with Crippen LogP contribution in [-0.4, -0.2) is 46.8 Å². The summed E-state index contributed by atoms with van der Waals surface area (Å²) >= 11 is 2.59. The maximum atomic E-state index is 14.0. The van der Waals surface area contributed by atoms with Crippen molar-refractivity contribution in [1.29, 1.82) is 0 Å². The third-order valence-corrected chi connectivity index (χ3v) is 12.8. The molecule has 3 amide bonds. The summed E-state index contributed by atoms with van der Waals surface area (Å²) in [6.45, 7) is -0.323. The summed E-state index contributed by atoms with van der Waals surface area (Å²) in [6, 6.07) is 15.6. The second-order valence-electron chi connectivity index (χ2n) is 12.8. The van der Waals surface area contributed by atoms with E-state index in [9.17, 15) is 37.5 Å². The van der Waals surface area contributed by atoms with Gasteiger partial charge in [-0.3, -0.25) is 24.1 Å². The monoisotopic (exact) mass is 723 g/mol. The number of imide groups is 1. The molecule has 3 fully saturated rings. The van der Waals surface area contributed by atoms with Crippen LogP contribution in [0.4, 0.5) is 24.5 Å². The number of thiazole rings is 1. The summed E-state index contributed by atoms with van der Waals surface area (Å²) in [5.41, 5.74) is 0.257. The van der Waals surface area contributed by atoms with Gasteiger partial charge in [-0.2, -0.15) is 13.2 Å². The van der Waals surface area contributed by atoms with Gasteiger partial charge >= 0.3 is 11.0 Å². The highest BCUT2D eigenvalue weighted by Gasteiger charge is 2.69. The third kappa shape index (κ3) is 5.25. The van der Waals surface area contributed by atoms with Gasteiger partial charge < -0.3 is 24.9 Å². The van der Waals surface area contributed by atoms with Crippen LogP contribution in [0.2, 0.25) is 0 Å². The fourth-order valence-electron chi connectivity index (χ4n) is 8.35. The summed E-state index contributed by atoms with van der Waals surface area (Å²) in [6.07, 6.45) is -4.03. The summed E-state index contributed by atoms with van der Waals surface area (Å²) in [5, 5.41) is 12.7. The van der Waals surface area contributed by atoms with Crippen molar-refractivity contribution in [1.82, 2.24) is 4.98 Å². The largest absolute Gasteiger partial charge is 0.508 e. The van der Waals surface area contributed by atoms with Crippen LogP contribution in [0.3, 0.4) is 0 Å². The average molecular weight is 724 g/mol. The van der Waals surface area contributed by atoms with E-state index in [-0.39, 0.29) is 51.8 Å². The number of aromatic nitrogens is 1. The number of phenolic OH excluding ortho intramolecular Hbond substituents is 1. The van der Waals surface area contributed by atoms with E-state index in [1.54, 1.807) is 24.3 Å². The van der Waals surface area contributed by atoms with Gasteiger partial charge in [0.2, 0.25) is 11.8 Å². The first-order valence-electron chi connectivity index (χ1n) is 15.8. The summed E-state index contributed by atoms with van der Waals surface area (Å²) in [7, 11) is 1.47. The molecule has 2 saturated carbocycles. The molecule has 6 unspecified atom stereocenters. The Bertz CT molecular complexity index is 2100. The first-order valence-corrected chi connectivity index (χ1v) is 17.5.